The number of hydrogen-bond donors (Lipinski definition) is 1. The lowest BCUT2D eigenvalue weighted by molar-refractivity contribution is -0.142. The molecule has 6 nitrogen and oxygen atoms in total. The fourth-order valence-corrected chi connectivity index (χ4v) is 2.71. The molecule has 1 atom stereocenters. The monoisotopic (exact) mass is 326 g/mol. The SMILES string of the molecule is COC(=O)CN(Cc1ccc(Cl)cc1)C1CCN(C(=O)O)C1. The van der Waals surface area contributed by atoms with Crippen LogP contribution in [0.5, 0.6) is 0 Å². The summed E-state index contributed by atoms with van der Waals surface area (Å²) in [5.74, 6) is -0.331. The molecule has 1 N–H and O–H groups in total. The molecule has 120 valence electrons. The van der Waals surface area contributed by atoms with Gasteiger partial charge < -0.3 is 14.7 Å². The van der Waals surface area contributed by atoms with E-state index in [4.69, 9.17) is 21.4 Å². The van der Waals surface area contributed by atoms with Gasteiger partial charge in [-0.3, -0.25) is 9.69 Å². The molecule has 1 aliphatic rings. The third-order valence-corrected chi connectivity index (χ3v) is 4.06. The maximum absolute atomic E-state index is 11.6. The highest BCUT2D eigenvalue weighted by Crippen LogP contribution is 2.19. The smallest absolute Gasteiger partial charge is 0.407 e. The van der Waals surface area contributed by atoms with Crippen LogP contribution in [0.15, 0.2) is 24.3 Å². The van der Waals surface area contributed by atoms with E-state index in [0.717, 1.165) is 5.56 Å². The van der Waals surface area contributed by atoms with E-state index in [0.29, 0.717) is 31.1 Å². The highest BCUT2D eigenvalue weighted by molar-refractivity contribution is 6.30. The van der Waals surface area contributed by atoms with Crippen LogP contribution in [-0.4, -0.2) is 59.8 Å². The van der Waals surface area contributed by atoms with E-state index in [-0.39, 0.29) is 18.6 Å². The molecule has 1 aromatic rings. The summed E-state index contributed by atoms with van der Waals surface area (Å²) in [6, 6.07) is 7.40. The van der Waals surface area contributed by atoms with Crippen LogP contribution in [0.2, 0.25) is 5.02 Å². The Labute approximate surface area is 134 Å². The number of likely N-dealkylation sites (tertiary alicyclic amines) is 1. The summed E-state index contributed by atoms with van der Waals surface area (Å²) in [6.07, 6.45) is -0.219. The van der Waals surface area contributed by atoms with E-state index >= 15 is 0 Å². The Morgan fingerprint density at radius 1 is 1.41 bits per heavy atom. The summed E-state index contributed by atoms with van der Waals surface area (Å²) in [4.78, 5) is 26.0. The number of carbonyl (C=O) groups excluding carboxylic acids is 1. The summed E-state index contributed by atoms with van der Waals surface area (Å²) >= 11 is 5.88. The van der Waals surface area contributed by atoms with Crippen molar-refractivity contribution in [2.75, 3.05) is 26.7 Å². The number of ether oxygens (including phenoxy) is 1. The van der Waals surface area contributed by atoms with Gasteiger partial charge in [0.15, 0.2) is 0 Å². The van der Waals surface area contributed by atoms with Crippen molar-refractivity contribution in [3.63, 3.8) is 0 Å². The second-order valence-electron chi connectivity index (χ2n) is 5.28. The normalized spacial score (nSPS) is 17.8. The molecule has 7 heteroatoms. The zero-order chi connectivity index (χ0) is 16.1. The molecule has 1 unspecified atom stereocenters. The Balaban J connectivity index is 2.07. The first kappa shape index (κ1) is 16.6. The highest BCUT2D eigenvalue weighted by Gasteiger charge is 2.31. The van der Waals surface area contributed by atoms with Crippen molar-refractivity contribution in [2.45, 2.75) is 19.0 Å². The fourth-order valence-electron chi connectivity index (χ4n) is 2.58. The van der Waals surface area contributed by atoms with Crippen LogP contribution in [0, 0.1) is 0 Å². The van der Waals surface area contributed by atoms with Crippen molar-refractivity contribution in [3.8, 4) is 0 Å². The number of nitrogens with zero attached hydrogens (tertiary/aromatic N) is 2. The Bertz CT molecular complexity index is 535. The molecule has 1 aliphatic heterocycles. The molecule has 1 saturated heterocycles. The topological polar surface area (TPSA) is 70.1 Å². The quantitative estimate of drug-likeness (QED) is 0.839. The predicted molar refractivity (Wildman–Crippen MR) is 81.9 cm³/mol. The zero-order valence-corrected chi connectivity index (χ0v) is 13.1. The minimum atomic E-state index is -0.924. The van der Waals surface area contributed by atoms with Crippen molar-refractivity contribution in [2.24, 2.45) is 0 Å². The lowest BCUT2D eigenvalue weighted by Gasteiger charge is -2.27. The second kappa shape index (κ2) is 7.47. The molecule has 0 bridgehead atoms. The lowest BCUT2D eigenvalue weighted by Crippen LogP contribution is -2.41. The first-order chi connectivity index (χ1) is 10.5. The number of carboxylic acid groups (broad SMARTS) is 1. The van der Waals surface area contributed by atoms with E-state index < -0.39 is 6.09 Å². The highest BCUT2D eigenvalue weighted by atomic mass is 35.5. The summed E-state index contributed by atoms with van der Waals surface area (Å²) in [5, 5.41) is 9.72. The van der Waals surface area contributed by atoms with Gasteiger partial charge in [-0.15, -0.1) is 0 Å². The summed E-state index contributed by atoms with van der Waals surface area (Å²) in [5.41, 5.74) is 1.02. The Morgan fingerprint density at radius 3 is 2.64 bits per heavy atom. The van der Waals surface area contributed by atoms with E-state index in [9.17, 15) is 9.59 Å². The van der Waals surface area contributed by atoms with Gasteiger partial charge >= 0.3 is 12.1 Å². The maximum Gasteiger partial charge on any atom is 0.407 e. The van der Waals surface area contributed by atoms with Gasteiger partial charge in [-0.1, -0.05) is 23.7 Å². The molecule has 1 heterocycles. The first-order valence-electron chi connectivity index (χ1n) is 7.02. The number of benzene rings is 1. The minimum absolute atomic E-state index is 0.00544. The molecule has 1 amide bonds. The molecule has 1 fully saturated rings. The van der Waals surface area contributed by atoms with Crippen LogP contribution in [-0.2, 0) is 16.1 Å². The van der Waals surface area contributed by atoms with Gasteiger partial charge in [0.05, 0.1) is 13.7 Å². The van der Waals surface area contributed by atoms with Crippen molar-refractivity contribution in [1.29, 1.82) is 0 Å². The van der Waals surface area contributed by atoms with E-state index in [2.05, 4.69) is 0 Å². The molecule has 1 aromatic carbocycles. The molecular formula is C15H19ClN2O4. The number of rotatable bonds is 5. The second-order valence-corrected chi connectivity index (χ2v) is 5.72. The third kappa shape index (κ3) is 4.35. The van der Waals surface area contributed by atoms with Gasteiger partial charge in [0.25, 0.3) is 0 Å². The van der Waals surface area contributed by atoms with Crippen LogP contribution in [0.1, 0.15) is 12.0 Å². The molecule has 0 spiro atoms. The molecule has 2 rings (SSSR count). The standard InChI is InChI=1S/C15H19ClN2O4/c1-22-14(19)10-18(8-11-2-4-12(16)5-3-11)13-6-7-17(9-13)15(20)21/h2-5,13H,6-10H2,1H3,(H,20,21). The van der Waals surface area contributed by atoms with Gasteiger partial charge in [0.1, 0.15) is 0 Å². The summed E-state index contributed by atoms with van der Waals surface area (Å²) in [7, 11) is 1.35. The molecule has 0 radical (unpaired) electrons. The molecule has 0 aromatic heterocycles. The van der Waals surface area contributed by atoms with Crippen LogP contribution in [0.25, 0.3) is 0 Å². The maximum atomic E-state index is 11.6. The number of esters is 1. The Hall–Kier alpha value is -1.79. The molecule has 0 aliphatic carbocycles. The Kier molecular flexibility index (Phi) is 5.63. The van der Waals surface area contributed by atoms with Crippen molar-refractivity contribution in [3.05, 3.63) is 34.9 Å². The third-order valence-electron chi connectivity index (χ3n) is 3.81. The molecule has 0 saturated carbocycles. The van der Waals surface area contributed by atoms with Crippen molar-refractivity contribution >= 4 is 23.7 Å². The molecule has 22 heavy (non-hydrogen) atoms. The van der Waals surface area contributed by atoms with Gasteiger partial charge in [0.2, 0.25) is 0 Å². The number of halogens is 1. The fraction of sp³-hybridized carbons (Fsp3) is 0.467. The summed E-state index contributed by atoms with van der Waals surface area (Å²) < 4.78 is 4.74. The van der Waals surface area contributed by atoms with Crippen molar-refractivity contribution in [1.82, 2.24) is 9.80 Å². The van der Waals surface area contributed by atoms with Gasteiger partial charge in [-0.2, -0.15) is 0 Å². The largest absolute Gasteiger partial charge is 0.468 e. The lowest BCUT2D eigenvalue weighted by atomic mass is 10.1. The Morgan fingerprint density at radius 2 is 2.09 bits per heavy atom. The van der Waals surface area contributed by atoms with E-state index in [1.807, 2.05) is 17.0 Å². The average Bonchev–Trinajstić information content (AvgIpc) is 2.98. The van der Waals surface area contributed by atoms with Crippen LogP contribution in [0.3, 0.4) is 0 Å². The van der Waals surface area contributed by atoms with E-state index in [1.54, 1.807) is 12.1 Å². The van der Waals surface area contributed by atoms with Crippen molar-refractivity contribution < 1.29 is 19.4 Å². The first-order valence-corrected chi connectivity index (χ1v) is 7.40. The zero-order valence-electron chi connectivity index (χ0n) is 12.4. The van der Waals surface area contributed by atoms with E-state index in [1.165, 1.54) is 12.0 Å². The number of carbonyl (C=O) groups is 2. The number of methoxy groups -OCH3 is 1. The minimum Gasteiger partial charge on any atom is -0.468 e. The van der Waals surface area contributed by atoms with Gasteiger partial charge in [-0.25, -0.2) is 4.79 Å². The number of hydrogen-bond acceptors (Lipinski definition) is 4. The molecular weight excluding hydrogens is 308 g/mol. The number of amides is 1. The summed E-state index contributed by atoms with van der Waals surface area (Å²) in [6.45, 7) is 1.57. The predicted octanol–water partition coefficient (Wildman–Crippen LogP) is 2.07. The average molecular weight is 327 g/mol. The van der Waals surface area contributed by atoms with Crippen LogP contribution in [0.4, 0.5) is 4.79 Å². The van der Waals surface area contributed by atoms with Crippen LogP contribution >= 0.6 is 11.6 Å². The van der Waals surface area contributed by atoms with Gasteiger partial charge in [0, 0.05) is 30.7 Å². The van der Waals surface area contributed by atoms with Crippen LogP contribution < -0.4 is 0 Å². The van der Waals surface area contributed by atoms with Gasteiger partial charge in [-0.05, 0) is 24.1 Å².